The Kier molecular flexibility index (Phi) is 3.56. The highest BCUT2D eigenvalue weighted by Crippen LogP contribution is 2.33. The van der Waals surface area contributed by atoms with Crippen molar-refractivity contribution in [1.29, 1.82) is 0 Å². The molecule has 2 fully saturated rings. The molecule has 0 heterocycles. The average Bonchev–Trinajstić information content (AvgIpc) is 2.82. The molecule has 2 rings (SSSR count). The van der Waals surface area contributed by atoms with Crippen molar-refractivity contribution in [3.63, 3.8) is 0 Å². The van der Waals surface area contributed by atoms with Gasteiger partial charge < -0.3 is 11.1 Å². The molecule has 0 aliphatic heterocycles. The van der Waals surface area contributed by atoms with Gasteiger partial charge in [0.1, 0.15) is 0 Å². The summed E-state index contributed by atoms with van der Waals surface area (Å²) in [5, 5.41) is 3.27. The number of hydrogen-bond donors (Lipinski definition) is 2. The van der Waals surface area contributed by atoms with Crippen LogP contribution in [0.25, 0.3) is 0 Å². The van der Waals surface area contributed by atoms with Crippen molar-refractivity contribution in [3.8, 4) is 0 Å². The lowest BCUT2D eigenvalue weighted by Gasteiger charge is -2.13. The summed E-state index contributed by atoms with van der Waals surface area (Å²) in [6.07, 6.45) is 4.99. The maximum atomic E-state index is 11.0. The van der Waals surface area contributed by atoms with Crippen molar-refractivity contribution < 1.29 is 4.79 Å². The van der Waals surface area contributed by atoms with E-state index < -0.39 is 0 Å². The summed E-state index contributed by atoms with van der Waals surface area (Å²) in [4.78, 5) is 11.0. The lowest BCUT2D eigenvalue weighted by Crippen LogP contribution is -2.43. The van der Waals surface area contributed by atoms with Crippen LogP contribution in [0.1, 0.15) is 25.7 Å². The van der Waals surface area contributed by atoms with Crippen LogP contribution >= 0.6 is 12.4 Å². The largest absolute Gasteiger partial charge is 0.368 e. The second-order valence-electron chi connectivity index (χ2n) is 4.07. The third-order valence-electron chi connectivity index (χ3n) is 2.72. The van der Waals surface area contributed by atoms with Crippen molar-refractivity contribution in [2.24, 2.45) is 17.6 Å². The van der Waals surface area contributed by atoms with E-state index in [1.165, 1.54) is 25.7 Å². The normalized spacial score (nSPS) is 23.4. The van der Waals surface area contributed by atoms with Gasteiger partial charge in [0.15, 0.2) is 0 Å². The smallest absolute Gasteiger partial charge is 0.234 e. The second-order valence-corrected chi connectivity index (χ2v) is 4.07. The van der Waals surface area contributed by atoms with Crippen LogP contribution in [0.15, 0.2) is 0 Å². The highest BCUT2D eigenvalue weighted by Gasteiger charge is 2.35. The van der Waals surface area contributed by atoms with Crippen LogP contribution in [-0.4, -0.2) is 18.5 Å². The third-order valence-corrected chi connectivity index (χ3v) is 2.72. The van der Waals surface area contributed by atoms with E-state index >= 15 is 0 Å². The van der Waals surface area contributed by atoms with E-state index in [0.29, 0.717) is 5.92 Å². The van der Waals surface area contributed by atoms with Gasteiger partial charge in [-0.2, -0.15) is 0 Å². The fourth-order valence-corrected chi connectivity index (χ4v) is 1.54. The zero-order valence-corrected chi connectivity index (χ0v) is 8.48. The molecular weight excluding hydrogens is 188 g/mol. The Balaban J connectivity index is 0.000000845. The highest BCUT2D eigenvalue weighted by molar-refractivity contribution is 5.85. The average molecular weight is 205 g/mol. The number of hydrogen-bond acceptors (Lipinski definition) is 2. The Hall–Kier alpha value is -0.280. The molecule has 0 aromatic heterocycles. The van der Waals surface area contributed by atoms with Crippen LogP contribution < -0.4 is 11.1 Å². The van der Waals surface area contributed by atoms with E-state index in [0.717, 1.165) is 12.5 Å². The highest BCUT2D eigenvalue weighted by atomic mass is 35.5. The standard InChI is InChI=1S/C9H16N2O.ClH/c10-9(12)8(7-3-4-7)11-5-6-1-2-6;/h6-8,11H,1-5H2,(H2,10,12);1H. The van der Waals surface area contributed by atoms with Gasteiger partial charge in [0.05, 0.1) is 6.04 Å². The predicted molar refractivity (Wildman–Crippen MR) is 53.7 cm³/mol. The number of carbonyl (C=O) groups is 1. The molecule has 0 aromatic carbocycles. The van der Waals surface area contributed by atoms with Crippen molar-refractivity contribution in [3.05, 3.63) is 0 Å². The number of nitrogens with one attached hydrogen (secondary N) is 1. The lowest BCUT2D eigenvalue weighted by atomic mass is 10.1. The molecule has 13 heavy (non-hydrogen) atoms. The Morgan fingerprint density at radius 3 is 2.38 bits per heavy atom. The van der Waals surface area contributed by atoms with Crippen LogP contribution in [0.3, 0.4) is 0 Å². The van der Waals surface area contributed by atoms with Gasteiger partial charge in [0.25, 0.3) is 0 Å². The summed E-state index contributed by atoms with van der Waals surface area (Å²) < 4.78 is 0. The number of rotatable bonds is 5. The zero-order valence-electron chi connectivity index (χ0n) is 7.66. The van der Waals surface area contributed by atoms with Crippen LogP contribution in [0.4, 0.5) is 0 Å². The molecule has 1 unspecified atom stereocenters. The van der Waals surface area contributed by atoms with Crippen LogP contribution in [0, 0.1) is 11.8 Å². The van der Waals surface area contributed by atoms with Crippen molar-refractivity contribution in [2.75, 3.05) is 6.54 Å². The molecule has 76 valence electrons. The van der Waals surface area contributed by atoms with E-state index in [1.54, 1.807) is 0 Å². The van der Waals surface area contributed by atoms with Crippen molar-refractivity contribution in [2.45, 2.75) is 31.7 Å². The molecule has 2 aliphatic carbocycles. The van der Waals surface area contributed by atoms with E-state index in [9.17, 15) is 4.79 Å². The number of amides is 1. The van der Waals surface area contributed by atoms with E-state index in [2.05, 4.69) is 5.32 Å². The number of primary amides is 1. The zero-order chi connectivity index (χ0) is 8.55. The van der Waals surface area contributed by atoms with Crippen molar-refractivity contribution in [1.82, 2.24) is 5.32 Å². The third kappa shape index (κ3) is 3.16. The fourth-order valence-electron chi connectivity index (χ4n) is 1.54. The summed E-state index contributed by atoms with van der Waals surface area (Å²) >= 11 is 0. The van der Waals surface area contributed by atoms with Gasteiger partial charge in [-0.15, -0.1) is 12.4 Å². The lowest BCUT2D eigenvalue weighted by molar-refractivity contribution is -0.120. The van der Waals surface area contributed by atoms with Crippen molar-refractivity contribution >= 4 is 18.3 Å². The quantitative estimate of drug-likeness (QED) is 0.692. The molecule has 0 radical (unpaired) electrons. The van der Waals surface area contributed by atoms with E-state index in [1.807, 2.05) is 0 Å². The van der Waals surface area contributed by atoms with Gasteiger partial charge in [0.2, 0.25) is 5.91 Å². The Morgan fingerprint density at radius 2 is 2.00 bits per heavy atom. The minimum atomic E-state index is -0.168. The molecule has 0 bridgehead atoms. The van der Waals surface area contributed by atoms with Crippen LogP contribution in [-0.2, 0) is 4.79 Å². The SMILES string of the molecule is Cl.NC(=O)C(NCC1CC1)C1CC1. The van der Waals surface area contributed by atoms with E-state index in [4.69, 9.17) is 5.73 Å². The van der Waals surface area contributed by atoms with Gasteiger partial charge >= 0.3 is 0 Å². The minimum Gasteiger partial charge on any atom is -0.368 e. The monoisotopic (exact) mass is 204 g/mol. The van der Waals surface area contributed by atoms with Gasteiger partial charge in [-0.1, -0.05) is 0 Å². The summed E-state index contributed by atoms with van der Waals surface area (Å²) in [7, 11) is 0. The number of carbonyl (C=O) groups excluding carboxylic acids is 1. The first-order valence-corrected chi connectivity index (χ1v) is 4.80. The molecule has 0 aromatic rings. The van der Waals surface area contributed by atoms with E-state index in [-0.39, 0.29) is 24.4 Å². The Labute approximate surface area is 84.9 Å². The molecule has 1 amide bonds. The molecule has 2 saturated carbocycles. The van der Waals surface area contributed by atoms with Gasteiger partial charge in [-0.3, -0.25) is 4.79 Å². The summed E-state index contributed by atoms with van der Waals surface area (Å²) in [5.74, 6) is 1.20. The molecule has 4 heteroatoms. The van der Waals surface area contributed by atoms with Gasteiger partial charge in [0, 0.05) is 0 Å². The molecule has 2 aliphatic rings. The van der Waals surface area contributed by atoms with Gasteiger partial charge in [-0.05, 0) is 44.1 Å². The molecule has 1 atom stereocenters. The molecular formula is C9H17ClN2O. The fraction of sp³-hybridized carbons (Fsp3) is 0.889. The molecule has 0 spiro atoms. The molecule has 3 N–H and O–H groups in total. The maximum Gasteiger partial charge on any atom is 0.234 e. The molecule has 0 saturated heterocycles. The second kappa shape index (κ2) is 4.29. The van der Waals surface area contributed by atoms with Crippen LogP contribution in [0.2, 0.25) is 0 Å². The molecule has 3 nitrogen and oxygen atoms in total. The Bertz CT molecular complexity index is 190. The first kappa shape index (κ1) is 10.8. The summed E-state index contributed by atoms with van der Waals surface area (Å²) in [5.41, 5.74) is 5.28. The maximum absolute atomic E-state index is 11.0. The minimum absolute atomic E-state index is 0. The van der Waals surface area contributed by atoms with Gasteiger partial charge in [-0.25, -0.2) is 0 Å². The summed E-state index contributed by atoms with van der Waals surface area (Å²) in [6.45, 7) is 0.990. The number of halogens is 1. The van der Waals surface area contributed by atoms with Crippen LogP contribution in [0.5, 0.6) is 0 Å². The first-order valence-electron chi connectivity index (χ1n) is 4.80. The Morgan fingerprint density at radius 1 is 1.38 bits per heavy atom. The topological polar surface area (TPSA) is 55.1 Å². The summed E-state index contributed by atoms with van der Waals surface area (Å²) in [6, 6.07) is -0.0365. The number of nitrogens with two attached hydrogens (primary N) is 1. The predicted octanol–water partition coefficient (Wildman–Crippen LogP) is 0.672. The first-order chi connectivity index (χ1) is 5.77.